The van der Waals surface area contributed by atoms with Crippen molar-refractivity contribution >= 4 is 11.9 Å². The van der Waals surface area contributed by atoms with Crippen molar-refractivity contribution in [1.29, 1.82) is 0 Å². The van der Waals surface area contributed by atoms with Crippen LogP contribution >= 0.6 is 0 Å². The Morgan fingerprint density at radius 2 is 2.00 bits per heavy atom. The summed E-state index contributed by atoms with van der Waals surface area (Å²) < 4.78 is 15.2. The lowest BCUT2D eigenvalue weighted by Gasteiger charge is -2.07. The summed E-state index contributed by atoms with van der Waals surface area (Å²) in [5.41, 5.74) is -1.26. The molecule has 1 aliphatic rings. The topological polar surface area (TPSA) is 140 Å². The second-order valence-electron chi connectivity index (χ2n) is 5.03. The summed E-state index contributed by atoms with van der Waals surface area (Å²) >= 11 is 0. The molecule has 1 aromatic heterocycles. The summed E-state index contributed by atoms with van der Waals surface area (Å²) in [6.07, 6.45) is 0.925. The van der Waals surface area contributed by atoms with Gasteiger partial charge in [-0.2, -0.15) is 0 Å². The van der Waals surface area contributed by atoms with E-state index in [0.717, 1.165) is 11.8 Å². The molecule has 3 rings (SSSR count). The van der Waals surface area contributed by atoms with Gasteiger partial charge in [0.2, 0.25) is 6.79 Å². The lowest BCUT2D eigenvalue weighted by molar-refractivity contribution is -0.124. The number of amides is 1. The molecule has 1 aromatic carbocycles. The third-order valence-corrected chi connectivity index (χ3v) is 3.30. The summed E-state index contributed by atoms with van der Waals surface area (Å²) in [4.78, 5) is 49.8. The number of aromatic nitrogens is 2. The summed E-state index contributed by atoms with van der Waals surface area (Å²) in [6.45, 7) is -0.209. The lowest BCUT2D eigenvalue weighted by atomic mass is 10.2. The molecule has 0 saturated carbocycles. The van der Waals surface area contributed by atoms with Crippen LogP contribution in [0.4, 0.5) is 0 Å². The molecule has 0 spiro atoms. The molecule has 0 atom stereocenters. The Hall–Kier alpha value is -3.56. The van der Waals surface area contributed by atoms with Crippen molar-refractivity contribution in [3.05, 3.63) is 56.4 Å². The van der Waals surface area contributed by atoms with E-state index in [1.807, 2.05) is 4.98 Å². The van der Waals surface area contributed by atoms with Crippen molar-refractivity contribution in [2.24, 2.45) is 0 Å². The number of hydrogen-bond donors (Lipinski definition) is 3. The van der Waals surface area contributed by atoms with Crippen LogP contribution in [0.3, 0.4) is 0 Å². The van der Waals surface area contributed by atoms with Crippen LogP contribution in [0.2, 0.25) is 0 Å². The standard InChI is InChI=1S/C15H13N3O7/c19-12(6-23-14(21)9-5-17-15(22)18-13(9)20)16-4-8-1-2-10-11(3-8)25-7-24-10/h1-3,5H,4,6-7H2,(H,16,19)(H2,17,18,20,22). The average Bonchev–Trinajstić information content (AvgIpc) is 3.05. The number of fused-ring (bicyclic) bond motifs is 1. The van der Waals surface area contributed by atoms with E-state index in [1.165, 1.54) is 0 Å². The van der Waals surface area contributed by atoms with Gasteiger partial charge in [-0.1, -0.05) is 6.07 Å². The zero-order chi connectivity index (χ0) is 17.8. The molecular formula is C15H13N3O7. The quantitative estimate of drug-likeness (QED) is 0.606. The maximum absolute atomic E-state index is 11.7. The van der Waals surface area contributed by atoms with Gasteiger partial charge in [0.25, 0.3) is 11.5 Å². The molecule has 1 aliphatic heterocycles. The van der Waals surface area contributed by atoms with E-state index in [1.54, 1.807) is 18.2 Å². The van der Waals surface area contributed by atoms with Gasteiger partial charge in [0.05, 0.1) is 0 Å². The highest BCUT2D eigenvalue weighted by Gasteiger charge is 2.15. The molecule has 0 fully saturated rings. The molecule has 2 aromatic rings. The number of esters is 1. The third kappa shape index (κ3) is 3.86. The fourth-order valence-corrected chi connectivity index (χ4v) is 2.07. The van der Waals surface area contributed by atoms with Crippen LogP contribution in [0, 0.1) is 0 Å². The fraction of sp³-hybridized carbons (Fsp3) is 0.200. The largest absolute Gasteiger partial charge is 0.454 e. The Kier molecular flexibility index (Phi) is 4.50. The first-order valence-electron chi connectivity index (χ1n) is 7.17. The third-order valence-electron chi connectivity index (χ3n) is 3.30. The van der Waals surface area contributed by atoms with E-state index in [9.17, 15) is 19.2 Å². The number of hydrogen-bond acceptors (Lipinski definition) is 7. The Labute approximate surface area is 139 Å². The van der Waals surface area contributed by atoms with Crippen LogP contribution in [0.25, 0.3) is 0 Å². The summed E-state index contributed by atoms with van der Waals surface area (Å²) in [6, 6.07) is 5.22. The van der Waals surface area contributed by atoms with Crippen molar-refractivity contribution in [3.8, 4) is 11.5 Å². The van der Waals surface area contributed by atoms with Crippen molar-refractivity contribution in [2.75, 3.05) is 13.4 Å². The van der Waals surface area contributed by atoms with Crippen LogP contribution in [-0.2, 0) is 16.1 Å². The van der Waals surface area contributed by atoms with Gasteiger partial charge in [-0.3, -0.25) is 14.6 Å². The number of H-pyrrole nitrogens is 2. The highest BCUT2D eigenvalue weighted by Crippen LogP contribution is 2.32. The summed E-state index contributed by atoms with van der Waals surface area (Å²) in [7, 11) is 0. The molecular weight excluding hydrogens is 334 g/mol. The predicted octanol–water partition coefficient (Wildman–Crippen LogP) is -0.735. The number of ether oxygens (including phenoxy) is 3. The second kappa shape index (κ2) is 6.91. The Bertz CT molecular complexity index is 931. The van der Waals surface area contributed by atoms with E-state index in [0.29, 0.717) is 11.5 Å². The first-order chi connectivity index (χ1) is 12.0. The van der Waals surface area contributed by atoms with Gasteiger partial charge in [-0.15, -0.1) is 0 Å². The van der Waals surface area contributed by atoms with Gasteiger partial charge >= 0.3 is 11.7 Å². The zero-order valence-electron chi connectivity index (χ0n) is 12.8. The van der Waals surface area contributed by atoms with Crippen molar-refractivity contribution < 1.29 is 23.8 Å². The number of benzene rings is 1. The van der Waals surface area contributed by atoms with E-state index in [4.69, 9.17) is 14.2 Å². The molecule has 25 heavy (non-hydrogen) atoms. The SMILES string of the molecule is O=C(COC(=O)c1c[nH]c(=O)[nH]c1=O)NCc1ccc2c(c1)OCO2. The van der Waals surface area contributed by atoms with Gasteiger partial charge in [-0.05, 0) is 17.7 Å². The summed E-state index contributed by atoms with van der Waals surface area (Å²) in [5, 5.41) is 2.56. The van der Waals surface area contributed by atoms with Crippen LogP contribution in [-0.4, -0.2) is 35.2 Å². The van der Waals surface area contributed by atoms with Gasteiger partial charge in [-0.25, -0.2) is 9.59 Å². The minimum absolute atomic E-state index is 0.158. The first-order valence-corrected chi connectivity index (χ1v) is 7.17. The predicted molar refractivity (Wildman–Crippen MR) is 82.4 cm³/mol. The molecule has 130 valence electrons. The maximum Gasteiger partial charge on any atom is 0.345 e. The van der Waals surface area contributed by atoms with E-state index >= 15 is 0 Å². The molecule has 0 unspecified atom stereocenters. The van der Waals surface area contributed by atoms with Crippen LogP contribution < -0.4 is 26.0 Å². The van der Waals surface area contributed by atoms with E-state index < -0.39 is 35.3 Å². The van der Waals surface area contributed by atoms with Crippen LogP contribution in [0.15, 0.2) is 34.0 Å². The van der Waals surface area contributed by atoms with Crippen LogP contribution in [0.5, 0.6) is 11.5 Å². The first kappa shape index (κ1) is 16.3. The minimum atomic E-state index is -1.02. The second-order valence-corrected chi connectivity index (χ2v) is 5.03. The molecule has 10 heteroatoms. The van der Waals surface area contributed by atoms with Crippen molar-refractivity contribution in [1.82, 2.24) is 15.3 Å². The highest BCUT2D eigenvalue weighted by molar-refractivity contribution is 5.90. The number of rotatable bonds is 5. The minimum Gasteiger partial charge on any atom is -0.454 e. The van der Waals surface area contributed by atoms with Gasteiger partial charge in [0.15, 0.2) is 18.1 Å². The van der Waals surface area contributed by atoms with Gasteiger partial charge in [0.1, 0.15) is 5.56 Å². The smallest absolute Gasteiger partial charge is 0.345 e. The molecule has 10 nitrogen and oxygen atoms in total. The van der Waals surface area contributed by atoms with Crippen molar-refractivity contribution in [3.63, 3.8) is 0 Å². The normalized spacial score (nSPS) is 11.8. The van der Waals surface area contributed by atoms with E-state index in [-0.39, 0.29) is 13.3 Å². The number of carbonyl (C=O) groups is 2. The molecule has 0 saturated heterocycles. The van der Waals surface area contributed by atoms with Gasteiger partial charge < -0.3 is 24.5 Å². The van der Waals surface area contributed by atoms with Crippen molar-refractivity contribution in [2.45, 2.75) is 6.54 Å². The average molecular weight is 347 g/mol. The molecule has 2 heterocycles. The Balaban J connectivity index is 1.50. The monoisotopic (exact) mass is 347 g/mol. The number of carbonyl (C=O) groups excluding carboxylic acids is 2. The molecule has 1 amide bonds. The zero-order valence-corrected chi connectivity index (χ0v) is 12.8. The highest BCUT2D eigenvalue weighted by atomic mass is 16.7. The number of aromatic amines is 2. The lowest BCUT2D eigenvalue weighted by Crippen LogP contribution is -2.31. The Morgan fingerprint density at radius 1 is 1.20 bits per heavy atom. The van der Waals surface area contributed by atoms with Crippen LogP contribution in [0.1, 0.15) is 15.9 Å². The molecule has 0 radical (unpaired) electrons. The van der Waals surface area contributed by atoms with Gasteiger partial charge in [0, 0.05) is 12.7 Å². The fourth-order valence-electron chi connectivity index (χ4n) is 2.07. The van der Waals surface area contributed by atoms with E-state index in [2.05, 4.69) is 10.3 Å². The maximum atomic E-state index is 11.7. The number of nitrogens with one attached hydrogen (secondary N) is 3. The molecule has 0 bridgehead atoms. The summed E-state index contributed by atoms with van der Waals surface area (Å²) in [5.74, 6) is -0.340. The Morgan fingerprint density at radius 3 is 2.80 bits per heavy atom. The molecule has 0 aliphatic carbocycles. The molecule has 3 N–H and O–H groups in total.